The minimum atomic E-state index is -3.33. The highest BCUT2D eigenvalue weighted by atomic mass is 32.2. The van der Waals surface area contributed by atoms with Gasteiger partial charge in [-0.1, -0.05) is 18.9 Å². The topological polar surface area (TPSA) is 79.4 Å². The third-order valence-electron chi connectivity index (χ3n) is 4.98. The fraction of sp³-hybridized carbons (Fsp3) is 0.400. The molecule has 1 aromatic heterocycles. The number of carbonyl (C=O) groups excluding carboxylic acids is 1. The van der Waals surface area contributed by atoms with Gasteiger partial charge in [-0.25, -0.2) is 13.2 Å². The zero-order valence-electron chi connectivity index (χ0n) is 15.7. The maximum absolute atomic E-state index is 13.1. The summed E-state index contributed by atoms with van der Waals surface area (Å²) < 4.78 is 23.7. The first-order valence-corrected chi connectivity index (χ1v) is 11.0. The molecule has 27 heavy (non-hydrogen) atoms. The Labute approximate surface area is 160 Å². The summed E-state index contributed by atoms with van der Waals surface area (Å²) in [4.78, 5) is 19.2. The summed E-state index contributed by atoms with van der Waals surface area (Å²) >= 11 is 0. The molecule has 144 valence electrons. The highest BCUT2D eigenvalue weighted by Crippen LogP contribution is 2.31. The van der Waals surface area contributed by atoms with Gasteiger partial charge < -0.3 is 10.2 Å². The monoisotopic (exact) mass is 387 g/mol. The average molecular weight is 388 g/mol. The van der Waals surface area contributed by atoms with Crippen molar-refractivity contribution in [2.45, 2.75) is 43.5 Å². The van der Waals surface area contributed by atoms with E-state index in [4.69, 9.17) is 0 Å². The minimum absolute atomic E-state index is 0.00565. The normalized spacial score (nSPS) is 18.0. The number of urea groups is 1. The Bertz CT molecular complexity index is 913. The van der Waals surface area contributed by atoms with E-state index in [1.807, 2.05) is 24.0 Å². The number of rotatable bonds is 3. The van der Waals surface area contributed by atoms with Gasteiger partial charge in [-0.05, 0) is 55.2 Å². The Balaban J connectivity index is 1.87. The molecule has 0 aliphatic carbocycles. The Morgan fingerprint density at radius 1 is 1.15 bits per heavy atom. The van der Waals surface area contributed by atoms with Crippen LogP contribution in [0.3, 0.4) is 0 Å². The summed E-state index contributed by atoms with van der Waals surface area (Å²) in [7, 11) is -3.33. The molecule has 2 heterocycles. The van der Waals surface area contributed by atoms with E-state index in [1.54, 1.807) is 24.5 Å². The second-order valence-electron chi connectivity index (χ2n) is 7.02. The molecule has 1 aromatic carbocycles. The van der Waals surface area contributed by atoms with Crippen molar-refractivity contribution in [1.29, 1.82) is 0 Å². The summed E-state index contributed by atoms with van der Waals surface area (Å²) in [6, 6.07) is 8.50. The summed E-state index contributed by atoms with van der Waals surface area (Å²) in [6.45, 7) is 2.52. The van der Waals surface area contributed by atoms with Crippen molar-refractivity contribution in [1.82, 2.24) is 9.88 Å². The highest BCUT2D eigenvalue weighted by molar-refractivity contribution is 7.90. The van der Waals surface area contributed by atoms with Gasteiger partial charge in [0.15, 0.2) is 9.84 Å². The molecule has 0 saturated carbocycles. The van der Waals surface area contributed by atoms with Crippen molar-refractivity contribution in [3.05, 3.63) is 53.9 Å². The van der Waals surface area contributed by atoms with Gasteiger partial charge in [0.2, 0.25) is 0 Å². The minimum Gasteiger partial charge on any atom is -0.317 e. The number of sulfone groups is 1. The van der Waals surface area contributed by atoms with Crippen LogP contribution < -0.4 is 5.32 Å². The Morgan fingerprint density at radius 2 is 1.89 bits per heavy atom. The molecule has 1 N–H and O–H groups in total. The lowest BCUT2D eigenvalue weighted by Gasteiger charge is -2.30. The van der Waals surface area contributed by atoms with E-state index < -0.39 is 9.84 Å². The maximum Gasteiger partial charge on any atom is 0.322 e. The van der Waals surface area contributed by atoms with Crippen LogP contribution in [0.25, 0.3) is 0 Å². The zero-order chi connectivity index (χ0) is 19.4. The quantitative estimate of drug-likeness (QED) is 0.865. The molecule has 2 aromatic rings. The number of aryl methyl sites for hydroxylation is 1. The number of nitrogens with zero attached hydrogens (tertiary/aromatic N) is 2. The van der Waals surface area contributed by atoms with E-state index in [0.29, 0.717) is 12.2 Å². The SMILES string of the molecule is Cc1ccc(S(C)(=O)=O)cc1NC(=O)N1CCCCCC1c1ccncc1. The Morgan fingerprint density at radius 3 is 2.59 bits per heavy atom. The molecule has 0 radical (unpaired) electrons. The maximum atomic E-state index is 13.1. The van der Waals surface area contributed by atoms with Crippen molar-refractivity contribution in [3.8, 4) is 0 Å². The molecule has 2 amide bonds. The van der Waals surface area contributed by atoms with Crippen LogP contribution in [0.15, 0.2) is 47.6 Å². The largest absolute Gasteiger partial charge is 0.322 e. The van der Waals surface area contributed by atoms with Crippen molar-refractivity contribution in [2.75, 3.05) is 18.1 Å². The van der Waals surface area contributed by atoms with Crippen LogP contribution in [-0.2, 0) is 9.84 Å². The fourth-order valence-corrected chi connectivity index (χ4v) is 4.08. The molecule has 6 nitrogen and oxygen atoms in total. The van der Waals surface area contributed by atoms with Crippen LogP contribution in [0.2, 0.25) is 0 Å². The Kier molecular flexibility index (Phi) is 5.79. The zero-order valence-corrected chi connectivity index (χ0v) is 16.5. The smallest absolute Gasteiger partial charge is 0.317 e. The molecule has 1 fully saturated rings. The average Bonchev–Trinajstić information content (AvgIpc) is 2.89. The fourth-order valence-electron chi connectivity index (χ4n) is 3.44. The number of amides is 2. The number of nitrogens with one attached hydrogen (secondary N) is 1. The molecular formula is C20H25N3O3S. The third kappa shape index (κ3) is 4.66. The first-order valence-electron chi connectivity index (χ1n) is 9.14. The lowest BCUT2D eigenvalue weighted by atomic mass is 10.0. The molecule has 1 unspecified atom stereocenters. The number of carbonyl (C=O) groups is 1. The number of hydrogen-bond acceptors (Lipinski definition) is 4. The predicted molar refractivity (Wildman–Crippen MR) is 105 cm³/mol. The van der Waals surface area contributed by atoms with Gasteiger partial charge in [-0.2, -0.15) is 0 Å². The van der Waals surface area contributed by atoms with E-state index in [9.17, 15) is 13.2 Å². The van der Waals surface area contributed by atoms with Crippen LogP contribution in [0.5, 0.6) is 0 Å². The molecule has 1 atom stereocenters. The summed E-state index contributed by atoms with van der Waals surface area (Å²) in [6.07, 6.45) is 8.67. The number of aromatic nitrogens is 1. The van der Waals surface area contributed by atoms with Crippen molar-refractivity contribution < 1.29 is 13.2 Å². The molecule has 7 heteroatoms. The molecule has 1 saturated heterocycles. The van der Waals surface area contributed by atoms with Gasteiger partial charge >= 0.3 is 6.03 Å². The number of anilines is 1. The van der Waals surface area contributed by atoms with Crippen LogP contribution in [0, 0.1) is 6.92 Å². The van der Waals surface area contributed by atoms with Crippen molar-refractivity contribution in [2.24, 2.45) is 0 Å². The first-order chi connectivity index (χ1) is 12.9. The lowest BCUT2D eigenvalue weighted by Crippen LogP contribution is -2.38. The van der Waals surface area contributed by atoms with Gasteiger partial charge in [0.05, 0.1) is 10.9 Å². The molecule has 1 aliphatic rings. The summed E-state index contributed by atoms with van der Waals surface area (Å²) in [5.74, 6) is 0. The Hall–Kier alpha value is -2.41. The van der Waals surface area contributed by atoms with Crippen LogP contribution >= 0.6 is 0 Å². The van der Waals surface area contributed by atoms with Crippen LogP contribution in [0.1, 0.15) is 42.9 Å². The van der Waals surface area contributed by atoms with Gasteiger partial charge in [0.1, 0.15) is 0 Å². The van der Waals surface area contributed by atoms with Crippen molar-refractivity contribution >= 4 is 21.6 Å². The standard InChI is InChI=1S/C20H25N3O3S/c1-15-7-8-17(27(2,25)26)14-18(15)22-20(24)23-13-5-3-4-6-19(23)16-9-11-21-12-10-16/h7-12,14,19H,3-6,13H2,1-2H3,(H,22,24). The lowest BCUT2D eigenvalue weighted by molar-refractivity contribution is 0.189. The number of likely N-dealkylation sites (tertiary alicyclic amines) is 1. The van der Waals surface area contributed by atoms with Crippen LogP contribution in [-0.4, -0.2) is 37.1 Å². The van der Waals surface area contributed by atoms with Crippen LogP contribution in [0.4, 0.5) is 10.5 Å². The van der Waals surface area contributed by atoms with E-state index in [0.717, 1.165) is 43.1 Å². The van der Waals surface area contributed by atoms with E-state index in [2.05, 4.69) is 10.3 Å². The third-order valence-corrected chi connectivity index (χ3v) is 6.09. The second-order valence-corrected chi connectivity index (χ2v) is 9.03. The second kappa shape index (κ2) is 8.08. The van der Waals surface area contributed by atoms with Gasteiger partial charge in [-0.3, -0.25) is 4.98 Å². The summed E-state index contributed by atoms with van der Waals surface area (Å²) in [5, 5.41) is 2.93. The number of pyridine rings is 1. The van der Waals surface area contributed by atoms with Gasteiger partial charge in [-0.15, -0.1) is 0 Å². The molecule has 1 aliphatic heterocycles. The molecular weight excluding hydrogens is 362 g/mol. The van der Waals surface area contributed by atoms with E-state index >= 15 is 0 Å². The first kappa shape index (κ1) is 19.4. The van der Waals surface area contributed by atoms with Gasteiger partial charge in [0, 0.05) is 30.9 Å². The summed E-state index contributed by atoms with van der Waals surface area (Å²) in [5.41, 5.74) is 2.43. The molecule has 3 rings (SSSR count). The molecule has 0 bridgehead atoms. The highest BCUT2D eigenvalue weighted by Gasteiger charge is 2.27. The number of hydrogen-bond donors (Lipinski definition) is 1. The predicted octanol–water partition coefficient (Wildman–Crippen LogP) is 3.94. The van der Waals surface area contributed by atoms with E-state index in [-0.39, 0.29) is 17.0 Å². The van der Waals surface area contributed by atoms with E-state index in [1.165, 1.54) is 6.07 Å². The number of benzene rings is 1. The van der Waals surface area contributed by atoms with Gasteiger partial charge in [0.25, 0.3) is 0 Å². The molecule has 0 spiro atoms. The van der Waals surface area contributed by atoms with Crippen molar-refractivity contribution in [3.63, 3.8) is 0 Å².